The summed E-state index contributed by atoms with van der Waals surface area (Å²) in [4.78, 5) is 28.2. The molecule has 2 aromatic heterocycles. The number of anilines is 1. The number of amides is 1. The number of pyridine rings is 1. The largest absolute Gasteiger partial charge is 0.394 e. The zero-order valence-electron chi connectivity index (χ0n) is 19.4. The van der Waals surface area contributed by atoms with Crippen molar-refractivity contribution in [3.05, 3.63) is 42.6 Å². The molecule has 0 aliphatic carbocycles. The number of ether oxygens (including phenoxy) is 1. The molecule has 1 amide bonds. The van der Waals surface area contributed by atoms with Gasteiger partial charge in [-0.2, -0.15) is 4.98 Å². The molecule has 1 aromatic carbocycles. The van der Waals surface area contributed by atoms with Crippen LogP contribution >= 0.6 is 0 Å². The van der Waals surface area contributed by atoms with Crippen LogP contribution in [-0.4, -0.2) is 85.1 Å². The Labute approximate surface area is 206 Å². The maximum Gasteiger partial charge on any atom is 0.250 e. The van der Waals surface area contributed by atoms with E-state index in [0.29, 0.717) is 17.6 Å². The van der Waals surface area contributed by atoms with Crippen molar-refractivity contribution in [2.24, 2.45) is 17.8 Å². The normalized spacial score (nSPS) is 29.8. The van der Waals surface area contributed by atoms with Crippen LogP contribution in [0.1, 0.15) is 6.42 Å². The summed E-state index contributed by atoms with van der Waals surface area (Å²) in [5.74, 6) is 0.468. The molecule has 3 aliphatic heterocycles. The molecule has 13 nitrogen and oxygen atoms in total. The standard InChI is InChI=1S/C23H27N9O4/c1-31-13-7-12(11-5-3-2-4-6-11)9-25-18(13)27-22(31)30-23-26-17-19(28-21(24)29-20(17)35)32(23)16-8-14(34)15(10-33)36-16/h2-7,9,14-17,19,21,28,33-34H,8,10,24H2,1H3,(H,29,35)(H,25,26,27,30)/t14-,15-,16-,17?,19?,21?/m1/s1. The van der Waals surface area contributed by atoms with Gasteiger partial charge in [-0.25, -0.2) is 9.98 Å². The number of benzene rings is 1. The fraction of sp³-hybridized carbons (Fsp3) is 0.391. The first-order chi connectivity index (χ1) is 17.4. The van der Waals surface area contributed by atoms with E-state index in [1.165, 1.54) is 0 Å². The highest BCUT2D eigenvalue weighted by atomic mass is 16.5. The van der Waals surface area contributed by atoms with Gasteiger partial charge in [0, 0.05) is 25.2 Å². The van der Waals surface area contributed by atoms with E-state index >= 15 is 0 Å². The van der Waals surface area contributed by atoms with Crippen LogP contribution in [0.4, 0.5) is 5.95 Å². The summed E-state index contributed by atoms with van der Waals surface area (Å²) in [5.41, 5.74) is 9.33. The summed E-state index contributed by atoms with van der Waals surface area (Å²) >= 11 is 0. The van der Waals surface area contributed by atoms with Gasteiger partial charge in [0.15, 0.2) is 11.7 Å². The van der Waals surface area contributed by atoms with E-state index in [1.807, 2.05) is 48.0 Å². The third-order valence-electron chi connectivity index (χ3n) is 6.78. The lowest BCUT2D eigenvalue weighted by molar-refractivity contribution is -0.129. The number of hydrogen-bond donors (Lipinski definition) is 6. The minimum absolute atomic E-state index is 0.220. The third kappa shape index (κ3) is 3.77. The van der Waals surface area contributed by atoms with Crippen molar-refractivity contribution in [2.75, 3.05) is 11.9 Å². The average molecular weight is 494 g/mol. The van der Waals surface area contributed by atoms with Crippen molar-refractivity contribution in [1.29, 1.82) is 0 Å². The van der Waals surface area contributed by atoms with E-state index in [2.05, 4.69) is 30.9 Å². The summed E-state index contributed by atoms with van der Waals surface area (Å²) in [6, 6.07) is 11.2. The quantitative estimate of drug-likeness (QED) is 0.260. The van der Waals surface area contributed by atoms with Gasteiger partial charge in [0.05, 0.1) is 18.2 Å². The minimum Gasteiger partial charge on any atom is -0.394 e. The molecular formula is C23H27N9O4. The molecular weight excluding hydrogens is 466 g/mol. The summed E-state index contributed by atoms with van der Waals surface area (Å²) in [5, 5.41) is 28.9. The van der Waals surface area contributed by atoms with Gasteiger partial charge in [-0.15, -0.1) is 0 Å². The van der Waals surface area contributed by atoms with Crippen molar-refractivity contribution < 1.29 is 19.7 Å². The molecule has 188 valence electrons. The van der Waals surface area contributed by atoms with Gasteiger partial charge in [-0.1, -0.05) is 30.3 Å². The number of aliphatic hydroxyl groups excluding tert-OH is 2. The molecule has 3 unspecified atom stereocenters. The number of carbonyl (C=O) groups excluding carboxylic acids is 1. The van der Waals surface area contributed by atoms with Crippen molar-refractivity contribution >= 4 is 29.0 Å². The van der Waals surface area contributed by atoms with E-state index in [0.717, 1.165) is 16.6 Å². The number of imidazole rings is 1. The smallest absolute Gasteiger partial charge is 0.250 e. The summed E-state index contributed by atoms with van der Waals surface area (Å²) in [7, 11) is 1.86. The Balaban J connectivity index is 1.34. The van der Waals surface area contributed by atoms with Gasteiger partial charge >= 0.3 is 0 Å². The highest BCUT2D eigenvalue weighted by Crippen LogP contribution is 2.31. The number of carbonyl (C=O) groups is 1. The van der Waals surface area contributed by atoms with E-state index < -0.39 is 36.9 Å². The number of aromatic nitrogens is 3. The molecule has 3 aromatic rings. The maximum atomic E-state index is 12.7. The minimum atomic E-state index is -0.859. The first-order valence-electron chi connectivity index (χ1n) is 11.7. The van der Waals surface area contributed by atoms with Crippen LogP contribution in [-0.2, 0) is 16.6 Å². The lowest BCUT2D eigenvalue weighted by Gasteiger charge is -2.38. The van der Waals surface area contributed by atoms with E-state index in [1.54, 1.807) is 11.1 Å². The van der Waals surface area contributed by atoms with Gasteiger partial charge in [0.2, 0.25) is 11.9 Å². The molecule has 0 saturated carbocycles. The Hall–Kier alpha value is -3.62. The number of aryl methyl sites for hydroxylation is 1. The van der Waals surface area contributed by atoms with Crippen LogP contribution in [0.5, 0.6) is 0 Å². The van der Waals surface area contributed by atoms with Crippen LogP contribution in [0, 0.1) is 0 Å². The van der Waals surface area contributed by atoms with Gasteiger partial charge in [0.25, 0.3) is 5.91 Å². The molecule has 2 fully saturated rings. The number of rotatable bonds is 4. The molecule has 3 aliphatic rings. The van der Waals surface area contributed by atoms with E-state index in [9.17, 15) is 15.0 Å². The predicted molar refractivity (Wildman–Crippen MR) is 130 cm³/mol. The van der Waals surface area contributed by atoms with Crippen molar-refractivity contribution in [2.45, 2.75) is 43.4 Å². The van der Waals surface area contributed by atoms with Crippen LogP contribution in [0.3, 0.4) is 0 Å². The number of nitrogens with zero attached hydrogens (tertiary/aromatic N) is 5. The first-order valence-corrected chi connectivity index (χ1v) is 11.7. The molecule has 13 heteroatoms. The number of aliphatic imine (C=N–C) groups is 1. The van der Waals surface area contributed by atoms with Gasteiger partial charge in [-0.05, 0) is 11.6 Å². The van der Waals surface area contributed by atoms with Gasteiger partial charge in [0.1, 0.15) is 24.8 Å². The highest BCUT2D eigenvalue weighted by Gasteiger charge is 2.50. The molecule has 0 bridgehead atoms. The zero-order valence-corrected chi connectivity index (χ0v) is 19.4. The second-order valence-corrected chi connectivity index (χ2v) is 9.07. The Bertz CT molecular complexity index is 1330. The SMILES string of the molecule is Cn1c(NC2=NC3C(=O)NC(N)NC3N2[C@H]2C[C@@H](O)[C@@H](CO)O2)nc2ncc(-c3ccccc3)cc21. The Kier molecular flexibility index (Phi) is 5.58. The molecule has 2 saturated heterocycles. The molecule has 7 N–H and O–H groups in total. The third-order valence-corrected chi connectivity index (χ3v) is 6.78. The van der Waals surface area contributed by atoms with Crippen LogP contribution in [0.2, 0.25) is 0 Å². The molecule has 6 atom stereocenters. The lowest BCUT2D eigenvalue weighted by Crippen LogP contribution is -2.70. The number of nitrogens with one attached hydrogen (secondary N) is 3. The molecule has 0 spiro atoms. The maximum absolute atomic E-state index is 12.7. The van der Waals surface area contributed by atoms with Crippen molar-refractivity contribution in [1.82, 2.24) is 30.1 Å². The Morgan fingerprint density at radius 1 is 1.28 bits per heavy atom. The summed E-state index contributed by atoms with van der Waals surface area (Å²) in [6.07, 6.45) is -1.63. The molecule has 36 heavy (non-hydrogen) atoms. The van der Waals surface area contributed by atoms with Gasteiger partial charge < -0.3 is 24.8 Å². The molecule has 5 heterocycles. The summed E-state index contributed by atoms with van der Waals surface area (Å²) in [6.45, 7) is -0.326. The highest BCUT2D eigenvalue weighted by molar-refractivity contribution is 5.99. The van der Waals surface area contributed by atoms with Gasteiger partial charge in [-0.3, -0.25) is 26.1 Å². The first kappa shape index (κ1) is 22.8. The monoisotopic (exact) mass is 493 g/mol. The summed E-state index contributed by atoms with van der Waals surface area (Å²) < 4.78 is 7.76. The number of guanidine groups is 1. The van der Waals surface area contributed by atoms with E-state index in [4.69, 9.17) is 10.5 Å². The lowest BCUT2D eigenvalue weighted by atomic mass is 10.1. The fourth-order valence-corrected chi connectivity index (χ4v) is 4.92. The van der Waals surface area contributed by atoms with Crippen LogP contribution in [0.15, 0.2) is 47.6 Å². The predicted octanol–water partition coefficient (Wildman–Crippen LogP) is -1.16. The molecule has 6 rings (SSSR count). The average Bonchev–Trinajstić information content (AvgIpc) is 3.52. The van der Waals surface area contributed by atoms with E-state index in [-0.39, 0.29) is 18.9 Å². The Morgan fingerprint density at radius 3 is 2.83 bits per heavy atom. The second kappa shape index (κ2) is 8.80. The zero-order chi connectivity index (χ0) is 25.0. The number of nitrogens with two attached hydrogens (primary N) is 1. The van der Waals surface area contributed by atoms with Crippen LogP contribution in [0.25, 0.3) is 22.3 Å². The van der Waals surface area contributed by atoms with Crippen LogP contribution < -0.4 is 21.7 Å². The number of fused-ring (bicyclic) bond motifs is 2. The number of aliphatic hydroxyl groups is 2. The fourth-order valence-electron chi connectivity index (χ4n) is 4.92. The van der Waals surface area contributed by atoms with Crippen molar-refractivity contribution in [3.63, 3.8) is 0 Å². The topological polar surface area (TPSA) is 175 Å². The molecule has 0 radical (unpaired) electrons. The Morgan fingerprint density at radius 2 is 2.08 bits per heavy atom. The second-order valence-electron chi connectivity index (χ2n) is 9.07. The van der Waals surface area contributed by atoms with Crippen molar-refractivity contribution in [3.8, 4) is 11.1 Å². The number of hydrogen-bond acceptors (Lipinski definition) is 11.